The molecule has 0 radical (unpaired) electrons. The molecule has 2 aromatic rings. The molecule has 2 rings (SSSR count). The van der Waals surface area contributed by atoms with Crippen LogP contribution in [0.25, 0.3) is 0 Å². The number of carbonyl (C=O) groups is 2. The van der Waals surface area contributed by atoms with Crippen LogP contribution < -0.4 is 14.8 Å². The Morgan fingerprint density at radius 2 is 1.88 bits per heavy atom. The van der Waals surface area contributed by atoms with Gasteiger partial charge in [-0.15, -0.1) is 0 Å². The number of methoxy groups -OCH3 is 2. The Kier molecular flexibility index (Phi) is 6.13. The normalized spacial score (nSPS) is 9.92. The van der Waals surface area contributed by atoms with Crippen LogP contribution >= 0.6 is 0 Å². The lowest BCUT2D eigenvalue weighted by Crippen LogP contribution is -2.28. The van der Waals surface area contributed by atoms with Gasteiger partial charge in [0.1, 0.15) is 5.69 Å². The lowest BCUT2D eigenvalue weighted by atomic mass is 10.2. The molecule has 1 amide bonds. The van der Waals surface area contributed by atoms with Crippen molar-refractivity contribution in [2.75, 3.05) is 20.8 Å². The van der Waals surface area contributed by atoms with Gasteiger partial charge in [0.2, 0.25) is 0 Å². The first kappa shape index (κ1) is 17.3. The van der Waals surface area contributed by atoms with Crippen LogP contribution in [0.5, 0.6) is 11.5 Å². The van der Waals surface area contributed by atoms with Gasteiger partial charge in [0.15, 0.2) is 18.1 Å². The molecule has 7 nitrogen and oxygen atoms in total. The summed E-state index contributed by atoms with van der Waals surface area (Å²) in [4.78, 5) is 27.3. The molecule has 0 aliphatic heterocycles. The van der Waals surface area contributed by atoms with Crippen LogP contribution in [0.3, 0.4) is 0 Å². The van der Waals surface area contributed by atoms with Crippen molar-refractivity contribution in [3.05, 3.63) is 53.9 Å². The summed E-state index contributed by atoms with van der Waals surface area (Å²) >= 11 is 0. The van der Waals surface area contributed by atoms with Crippen LogP contribution in [0.15, 0.2) is 42.6 Å². The third kappa shape index (κ3) is 4.70. The number of carbonyl (C=O) groups excluding carboxylic acids is 2. The number of nitrogens with one attached hydrogen (secondary N) is 1. The third-order valence-corrected chi connectivity index (χ3v) is 3.15. The SMILES string of the molecule is COc1ccc(CNC(=O)COC(=O)c2ccccn2)cc1OC. The van der Waals surface area contributed by atoms with E-state index in [2.05, 4.69) is 10.3 Å². The first-order valence-electron chi connectivity index (χ1n) is 7.19. The molecule has 0 aliphatic rings. The zero-order chi connectivity index (χ0) is 17.4. The highest BCUT2D eigenvalue weighted by Gasteiger charge is 2.11. The zero-order valence-electron chi connectivity index (χ0n) is 13.4. The molecule has 1 N–H and O–H groups in total. The molecule has 1 aromatic heterocycles. The van der Waals surface area contributed by atoms with Gasteiger partial charge in [0, 0.05) is 12.7 Å². The van der Waals surface area contributed by atoms with Gasteiger partial charge in [-0.05, 0) is 29.8 Å². The lowest BCUT2D eigenvalue weighted by molar-refractivity contribution is -0.124. The van der Waals surface area contributed by atoms with E-state index in [4.69, 9.17) is 14.2 Å². The van der Waals surface area contributed by atoms with Crippen molar-refractivity contribution in [3.8, 4) is 11.5 Å². The number of hydrogen-bond donors (Lipinski definition) is 1. The summed E-state index contributed by atoms with van der Waals surface area (Å²) in [6, 6.07) is 10.2. The van der Waals surface area contributed by atoms with Crippen LogP contribution in [0, 0.1) is 0 Å². The number of esters is 1. The standard InChI is InChI=1S/C17H18N2O5/c1-22-14-7-6-12(9-15(14)23-2)10-19-16(20)11-24-17(21)13-5-3-4-8-18-13/h3-9H,10-11H2,1-2H3,(H,19,20). The van der Waals surface area contributed by atoms with E-state index in [1.54, 1.807) is 31.4 Å². The van der Waals surface area contributed by atoms with Crippen LogP contribution in [-0.4, -0.2) is 37.7 Å². The summed E-state index contributed by atoms with van der Waals surface area (Å²) in [6.45, 7) is -0.0942. The van der Waals surface area contributed by atoms with E-state index < -0.39 is 11.9 Å². The lowest BCUT2D eigenvalue weighted by Gasteiger charge is -2.10. The highest BCUT2D eigenvalue weighted by molar-refractivity contribution is 5.89. The van der Waals surface area contributed by atoms with Crippen molar-refractivity contribution in [1.29, 1.82) is 0 Å². The minimum atomic E-state index is -0.642. The molecule has 0 aliphatic carbocycles. The molecule has 0 spiro atoms. The molecule has 1 aromatic carbocycles. The van der Waals surface area contributed by atoms with Crippen molar-refractivity contribution >= 4 is 11.9 Å². The number of benzene rings is 1. The Labute approximate surface area is 139 Å². The molecule has 126 valence electrons. The maximum atomic E-state index is 11.8. The van der Waals surface area contributed by atoms with E-state index in [1.165, 1.54) is 19.4 Å². The fourth-order valence-corrected chi connectivity index (χ4v) is 1.93. The summed E-state index contributed by atoms with van der Waals surface area (Å²) < 4.78 is 15.2. The second-order valence-electron chi connectivity index (χ2n) is 4.76. The molecule has 0 unspecified atom stereocenters. The molecule has 7 heteroatoms. The fourth-order valence-electron chi connectivity index (χ4n) is 1.93. The first-order valence-corrected chi connectivity index (χ1v) is 7.19. The zero-order valence-corrected chi connectivity index (χ0v) is 13.4. The number of hydrogen-bond acceptors (Lipinski definition) is 6. The van der Waals surface area contributed by atoms with Crippen LogP contribution in [0.2, 0.25) is 0 Å². The van der Waals surface area contributed by atoms with E-state index in [0.717, 1.165) is 5.56 Å². The summed E-state index contributed by atoms with van der Waals surface area (Å²) in [5.41, 5.74) is 0.988. The number of rotatable bonds is 7. The number of nitrogens with zero attached hydrogens (tertiary/aromatic N) is 1. The van der Waals surface area contributed by atoms with E-state index in [-0.39, 0.29) is 18.8 Å². The van der Waals surface area contributed by atoms with E-state index in [1.807, 2.05) is 6.07 Å². The minimum Gasteiger partial charge on any atom is -0.493 e. The highest BCUT2D eigenvalue weighted by Crippen LogP contribution is 2.27. The summed E-state index contributed by atoms with van der Waals surface area (Å²) in [7, 11) is 3.09. The summed E-state index contributed by atoms with van der Waals surface area (Å²) in [5, 5.41) is 2.66. The topological polar surface area (TPSA) is 86.8 Å². The fraction of sp³-hybridized carbons (Fsp3) is 0.235. The Morgan fingerprint density at radius 1 is 1.08 bits per heavy atom. The van der Waals surface area contributed by atoms with Crippen LogP contribution in [-0.2, 0) is 16.1 Å². The van der Waals surface area contributed by atoms with Gasteiger partial charge < -0.3 is 19.5 Å². The van der Waals surface area contributed by atoms with E-state index >= 15 is 0 Å². The Hall–Kier alpha value is -3.09. The Bertz CT molecular complexity index is 703. The Balaban J connectivity index is 1.82. The average Bonchev–Trinajstić information content (AvgIpc) is 2.64. The quantitative estimate of drug-likeness (QED) is 0.776. The number of ether oxygens (including phenoxy) is 3. The van der Waals surface area contributed by atoms with Gasteiger partial charge in [-0.2, -0.15) is 0 Å². The average molecular weight is 330 g/mol. The maximum Gasteiger partial charge on any atom is 0.357 e. The van der Waals surface area contributed by atoms with Crippen molar-refractivity contribution in [1.82, 2.24) is 10.3 Å². The molecular formula is C17H18N2O5. The number of pyridine rings is 1. The van der Waals surface area contributed by atoms with Gasteiger partial charge >= 0.3 is 5.97 Å². The molecular weight excluding hydrogens is 312 g/mol. The number of amides is 1. The van der Waals surface area contributed by atoms with Gasteiger partial charge in [-0.3, -0.25) is 4.79 Å². The summed E-state index contributed by atoms with van der Waals surface area (Å²) in [5.74, 6) is 0.133. The summed E-state index contributed by atoms with van der Waals surface area (Å²) in [6.07, 6.45) is 1.48. The van der Waals surface area contributed by atoms with Crippen molar-refractivity contribution in [2.45, 2.75) is 6.54 Å². The second kappa shape index (κ2) is 8.52. The molecule has 0 fully saturated rings. The molecule has 0 bridgehead atoms. The molecule has 0 saturated heterocycles. The maximum absolute atomic E-state index is 11.8. The highest BCUT2D eigenvalue weighted by atomic mass is 16.5. The van der Waals surface area contributed by atoms with Crippen LogP contribution in [0.1, 0.15) is 16.1 Å². The predicted molar refractivity (Wildman–Crippen MR) is 85.9 cm³/mol. The Morgan fingerprint density at radius 3 is 2.54 bits per heavy atom. The van der Waals surface area contributed by atoms with Gasteiger partial charge in [-0.1, -0.05) is 12.1 Å². The smallest absolute Gasteiger partial charge is 0.357 e. The third-order valence-electron chi connectivity index (χ3n) is 3.15. The largest absolute Gasteiger partial charge is 0.493 e. The predicted octanol–water partition coefficient (Wildman–Crippen LogP) is 1.57. The van der Waals surface area contributed by atoms with E-state index in [0.29, 0.717) is 11.5 Å². The van der Waals surface area contributed by atoms with Gasteiger partial charge in [0.05, 0.1) is 14.2 Å². The number of aromatic nitrogens is 1. The second-order valence-corrected chi connectivity index (χ2v) is 4.76. The van der Waals surface area contributed by atoms with Crippen LogP contribution in [0.4, 0.5) is 0 Å². The van der Waals surface area contributed by atoms with Gasteiger partial charge in [-0.25, -0.2) is 9.78 Å². The molecule has 1 heterocycles. The van der Waals surface area contributed by atoms with E-state index in [9.17, 15) is 9.59 Å². The molecule has 24 heavy (non-hydrogen) atoms. The minimum absolute atomic E-state index is 0.158. The first-order chi connectivity index (χ1) is 11.6. The molecule has 0 atom stereocenters. The van der Waals surface area contributed by atoms with Crippen molar-refractivity contribution in [3.63, 3.8) is 0 Å². The van der Waals surface area contributed by atoms with Crippen molar-refractivity contribution in [2.24, 2.45) is 0 Å². The molecule has 0 saturated carbocycles. The van der Waals surface area contributed by atoms with Gasteiger partial charge in [0.25, 0.3) is 5.91 Å². The monoisotopic (exact) mass is 330 g/mol. The van der Waals surface area contributed by atoms with Crippen molar-refractivity contribution < 1.29 is 23.8 Å².